The monoisotopic (exact) mass is 454 g/mol. The highest BCUT2D eigenvalue weighted by Crippen LogP contribution is 2.24. The Hall–Kier alpha value is -1.75. The first-order chi connectivity index (χ1) is 13.8. The summed E-state index contributed by atoms with van der Waals surface area (Å²) in [7, 11) is 0. The molecule has 7 heteroatoms. The molecule has 0 saturated heterocycles. The van der Waals surface area contributed by atoms with E-state index in [9.17, 15) is 9.59 Å². The van der Waals surface area contributed by atoms with Crippen molar-refractivity contribution in [3.63, 3.8) is 0 Å². The second kappa shape index (κ2) is 11.4. The van der Waals surface area contributed by atoms with Crippen molar-refractivity contribution < 1.29 is 9.59 Å². The van der Waals surface area contributed by atoms with E-state index in [1.807, 2.05) is 12.1 Å². The van der Waals surface area contributed by atoms with Crippen molar-refractivity contribution in [3.05, 3.63) is 68.7 Å². The minimum absolute atomic E-state index is 0.156. The number of hydrogen-bond donors (Lipinski definition) is 1. The minimum atomic E-state index is -0.624. The van der Waals surface area contributed by atoms with Crippen LogP contribution in [0.1, 0.15) is 37.8 Å². The fourth-order valence-electron chi connectivity index (χ4n) is 2.83. The van der Waals surface area contributed by atoms with Gasteiger partial charge in [0.2, 0.25) is 11.8 Å². The van der Waals surface area contributed by atoms with Gasteiger partial charge in [-0.2, -0.15) is 0 Å². The van der Waals surface area contributed by atoms with Gasteiger partial charge < -0.3 is 10.2 Å². The summed E-state index contributed by atoms with van der Waals surface area (Å²) >= 11 is 18.0. The van der Waals surface area contributed by atoms with E-state index in [1.165, 1.54) is 0 Å². The second-order valence-electron chi connectivity index (χ2n) is 6.89. The van der Waals surface area contributed by atoms with Crippen molar-refractivity contribution in [2.45, 2.75) is 45.7 Å². The van der Waals surface area contributed by atoms with Gasteiger partial charge in [0, 0.05) is 18.1 Å². The van der Waals surface area contributed by atoms with Crippen LogP contribution in [0.3, 0.4) is 0 Å². The van der Waals surface area contributed by atoms with E-state index in [1.54, 1.807) is 42.2 Å². The lowest BCUT2D eigenvalue weighted by molar-refractivity contribution is -0.140. The maximum absolute atomic E-state index is 13.1. The number of carbonyl (C=O) groups is 2. The van der Waals surface area contributed by atoms with E-state index >= 15 is 0 Å². The standard InChI is InChI=1S/C22H25Cl3N2O2/c1-3-4-11-26-22(29)15(2)27(14-17-7-10-19(24)20(25)12-17)21(28)13-16-5-8-18(23)9-6-16/h5-10,12,15H,3-4,11,13-14H2,1-2H3,(H,26,29). The van der Waals surface area contributed by atoms with Gasteiger partial charge in [-0.05, 0) is 48.7 Å². The van der Waals surface area contributed by atoms with Crippen LogP contribution in [-0.2, 0) is 22.6 Å². The molecular weight excluding hydrogens is 431 g/mol. The number of rotatable bonds is 9. The Labute approximate surface area is 187 Å². The highest BCUT2D eigenvalue weighted by Gasteiger charge is 2.26. The number of hydrogen-bond acceptors (Lipinski definition) is 2. The summed E-state index contributed by atoms with van der Waals surface area (Å²) in [5, 5.41) is 4.36. The lowest BCUT2D eigenvalue weighted by atomic mass is 10.1. The molecule has 0 aliphatic heterocycles. The van der Waals surface area contributed by atoms with E-state index in [2.05, 4.69) is 12.2 Å². The number of carbonyl (C=O) groups excluding carboxylic acids is 2. The van der Waals surface area contributed by atoms with Crippen LogP contribution in [0, 0.1) is 0 Å². The molecular formula is C22H25Cl3N2O2. The molecule has 29 heavy (non-hydrogen) atoms. The molecule has 0 saturated carbocycles. The molecule has 1 unspecified atom stereocenters. The Morgan fingerprint density at radius 3 is 2.28 bits per heavy atom. The molecule has 0 radical (unpaired) electrons. The molecule has 0 fully saturated rings. The fraction of sp³-hybridized carbons (Fsp3) is 0.364. The number of halogens is 3. The van der Waals surface area contributed by atoms with Crippen molar-refractivity contribution in [1.29, 1.82) is 0 Å². The Morgan fingerprint density at radius 2 is 1.66 bits per heavy atom. The second-order valence-corrected chi connectivity index (χ2v) is 8.14. The maximum atomic E-state index is 13.1. The van der Waals surface area contributed by atoms with E-state index in [0.717, 1.165) is 24.0 Å². The summed E-state index contributed by atoms with van der Waals surface area (Å²) in [6.45, 7) is 4.64. The zero-order valence-electron chi connectivity index (χ0n) is 16.6. The summed E-state index contributed by atoms with van der Waals surface area (Å²) in [5.41, 5.74) is 1.63. The average Bonchev–Trinajstić information content (AvgIpc) is 2.70. The molecule has 0 spiro atoms. The normalized spacial score (nSPS) is 11.8. The van der Waals surface area contributed by atoms with Gasteiger partial charge in [0.15, 0.2) is 0 Å². The lowest BCUT2D eigenvalue weighted by Gasteiger charge is -2.29. The van der Waals surface area contributed by atoms with Crippen molar-refractivity contribution in [2.75, 3.05) is 6.54 Å². The Bertz CT molecular complexity index is 840. The molecule has 0 heterocycles. The van der Waals surface area contributed by atoms with Gasteiger partial charge in [-0.25, -0.2) is 0 Å². The highest BCUT2D eigenvalue weighted by molar-refractivity contribution is 6.42. The molecule has 0 aromatic heterocycles. The first kappa shape index (κ1) is 23.5. The Balaban J connectivity index is 2.20. The van der Waals surface area contributed by atoms with E-state index in [4.69, 9.17) is 34.8 Å². The molecule has 2 amide bonds. The van der Waals surface area contributed by atoms with Crippen LogP contribution >= 0.6 is 34.8 Å². The molecule has 2 rings (SSSR count). The molecule has 2 aromatic carbocycles. The molecule has 0 aliphatic rings. The van der Waals surface area contributed by atoms with Crippen LogP contribution in [0.2, 0.25) is 15.1 Å². The third kappa shape index (κ3) is 7.22. The highest BCUT2D eigenvalue weighted by atomic mass is 35.5. The van der Waals surface area contributed by atoms with Gasteiger partial charge in [-0.3, -0.25) is 9.59 Å². The van der Waals surface area contributed by atoms with E-state index < -0.39 is 6.04 Å². The topological polar surface area (TPSA) is 49.4 Å². The largest absolute Gasteiger partial charge is 0.354 e. The van der Waals surface area contributed by atoms with Crippen molar-refractivity contribution in [2.24, 2.45) is 0 Å². The Morgan fingerprint density at radius 1 is 1.00 bits per heavy atom. The van der Waals surface area contributed by atoms with Gasteiger partial charge in [0.05, 0.1) is 16.5 Å². The van der Waals surface area contributed by atoms with Crippen molar-refractivity contribution in [1.82, 2.24) is 10.2 Å². The number of amides is 2. The number of benzene rings is 2. The fourth-order valence-corrected chi connectivity index (χ4v) is 3.28. The summed E-state index contributed by atoms with van der Waals surface area (Å²) in [6.07, 6.45) is 2.05. The molecule has 0 bridgehead atoms. The summed E-state index contributed by atoms with van der Waals surface area (Å²) in [4.78, 5) is 27.3. The molecule has 1 atom stereocenters. The third-order valence-electron chi connectivity index (χ3n) is 4.60. The summed E-state index contributed by atoms with van der Waals surface area (Å²) in [5.74, 6) is -0.334. The quantitative estimate of drug-likeness (QED) is 0.506. The smallest absolute Gasteiger partial charge is 0.242 e. The van der Waals surface area contributed by atoms with Crippen molar-refractivity contribution >= 4 is 46.6 Å². The third-order valence-corrected chi connectivity index (χ3v) is 5.59. The first-order valence-electron chi connectivity index (χ1n) is 9.57. The average molecular weight is 456 g/mol. The Kier molecular flexibility index (Phi) is 9.28. The number of unbranched alkanes of at least 4 members (excludes halogenated alkanes) is 1. The van der Waals surface area contributed by atoms with Crippen molar-refractivity contribution in [3.8, 4) is 0 Å². The van der Waals surface area contributed by atoms with Gasteiger partial charge in [-0.1, -0.05) is 66.3 Å². The minimum Gasteiger partial charge on any atom is -0.354 e. The van der Waals surface area contributed by atoms with Crippen LogP contribution in [-0.4, -0.2) is 29.3 Å². The lowest BCUT2D eigenvalue weighted by Crippen LogP contribution is -2.48. The van der Waals surface area contributed by atoms with Crippen LogP contribution in [0.5, 0.6) is 0 Å². The first-order valence-corrected chi connectivity index (χ1v) is 10.7. The van der Waals surface area contributed by atoms with Gasteiger partial charge in [0.25, 0.3) is 0 Å². The van der Waals surface area contributed by atoms with Crippen LogP contribution in [0.4, 0.5) is 0 Å². The molecule has 1 N–H and O–H groups in total. The number of nitrogens with zero attached hydrogens (tertiary/aromatic N) is 1. The van der Waals surface area contributed by atoms with Gasteiger partial charge >= 0.3 is 0 Å². The summed E-state index contributed by atoms with van der Waals surface area (Å²) < 4.78 is 0. The van der Waals surface area contributed by atoms with Gasteiger partial charge in [0.1, 0.15) is 6.04 Å². The van der Waals surface area contributed by atoms with Crippen LogP contribution in [0.25, 0.3) is 0 Å². The molecule has 156 valence electrons. The predicted octanol–water partition coefficient (Wildman–Crippen LogP) is 5.52. The molecule has 0 aliphatic carbocycles. The predicted molar refractivity (Wildman–Crippen MR) is 120 cm³/mol. The van der Waals surface area contributed by atoms with E-state index in [-0.39, 0.29) is 24.8 Å². The van der Waals surface area contributed by atoms with Crippen LogP contribution < -0.4 is 5.32 Å². The van der Waals surface area contributed by atoms with Gasteiger partial charge in [-0.15, -0.1) is 0 Å². The number of nitrogens with one attached hydrogen (secondary N) is 1. The zero-order chi connectivity index (χ0) is 21.4. The van der Waals surface area contributed by atoms with E-state index in [0.29, 0.717) is 21.6 Å². The van der Waals surface area contributed by atoms with Crippen LogP contribution in [0.15, 0.2) is 42.5 Å². The summed E-state index contributed by atoms with van der Waals surface area (Å²) in [6, 6.07) is 11.7. The SMILES string of the molecule is CCCCNC(=O)C(C)N(Cc1ccc(Cl)c(Cl)c1)C(=O)Cc1ccc(Cl)cc1. The molecule has 2 aromatic rings. The maximum Gasteiger partial charge on any atom is 0.242 e. The zero-order valence-corrected chi connectivity index (χ0v) is 18.8. The molecule has 4 nitrogen and oxygen atoms in total.